The van der Waals surface area contributed by atoms with Crippen molar-refractivity contribution in [2.24, 2.45) is 0 Å². The fraction of sp³-hybridized carbons (Fsp3) is 0.261. The van der Waals surface area contributed by atoms with Crippen LogP contribution in [0.25, 0.3) is 0 Å². The Bertz CT molecular complexity index is 1080. The molecule has 2 amide bonds. The Morgan fingerprint density at radius 3 is 2.61 bits per heavy atom. The summed E-state index contributed by atoms with van der Waals surface area (Å²) in [6.07, 6.45) is 4.88. The van der Waals surface area contributed by atoms with Crippen molar-refractivity contribution >= 4 is 11.8 Å². The van der Waals surface area contributed by atoms with Crippen LogP contribution in [-0.2, 0) is 11.3 Å². The number of hydrogen-bond donors (Lipinski definition) is 1. The average molecular weight is 421 g/mol. The van der Waals surface area contributed by atoms with E-state index < -0.39 is 12.0 Å². The minimum atomic E-state index is -0.684. The zero-order valence-electron chi connectivity index (χ0n) is 17.5. The predicted octanol–water partition coefficient (Wildman–Crippen LogP) is 2.92. The second-order valence-corrected chi connectivity index (χ2v) is 7.22. The number of hydrogen-bond acceptors (Lipinski definition) is 6. The molecule has 3 aromatic rings. The maximum absolute atomic E-state index is 13.5. The van der Waals surface area contributed by atoms with Crippen molar-refractivity contribution in [2.75, 3.05) is 21.3 Å². The number of aromatic nitrogens is 1. The van der Waals surface area contributed by atoms with Gasteiger partial charge < -0.3 is 24.1 Å². The van der Waals surface area contributed by atoms with Crippen LogP contribution in [-0.4, -0.2) is 43.0 Å². The largest absolute Gasteiger partial charge is 0.493 e. The van der Waals surface area contributed by atoms with E-state index in [4.69, 9.17) is 13.9 Å². The molecular formula is C23H23N3O5. The molecule has 8 nitrogen and oxygen atoms in total. The number of likely N-dealkylation sites (N-methyl/N-ethyl adjacent to an activating group) is 1. The van der Waals surface area contributed by atoms with Crippen LogP contribution in [0.3, 0.4) is 0 Å². The number of furan rings is 1. The maximum atomic E-state index is 13.5. The van der Waals surface area contributed by atoms with E-state index in [0.29, 0.717) is 28.4 Å². The van der Waals surface area contributed by atoms with Crippen LogP contribution in [0.1, 0.15) is 39.2 Å². The van der Waals surface area contributed by atoms with Crippen molar-refractivity contribution in [3.8, 4) is 11.5 Å². The zero-order chi connectivity index (χ0) is 22.0. The van der Waals surface area contributed by atoms with Crippen LogP contribution in [0.5, 0.6) is 11.5 Å². The summed E-state index contributed by atoms with van der Waals surface area (Å²) in [7, 11) is 4.71. The summed E-state index contributed by atoms with van der Waals surface area (Å²) >= 11 is 0. The standard InChI is InChI=1S/C23H23N3O5/c1-26-21(14-6-4-8-24-12-14)20(22(27)25-13-15-7-5-9-31-15)16-10-18(29-2)19(30-3)11-17(16)23(26)28/h4-12,20-21H,13H2,1-3H3,(H,25,27)/t20-,21+/m0/s1. The zero-order valence-corrected chi connectivity index (χ0v) is 17.5. The maximum Gasteiger partial charge on any atom is 0.254 e. The van der Waals surface area contributed by atoms with E-state index in [0.717, 1.165) is 5.56 Å². The lowest BCUT2D eigenvalue weighted by Crippen LogP contribution is -2.45. The number of rotatable bonds is 6. The first-order chi connectivity index (χ1) is 15.0. The molecule has 8 heteroatoms. The molecule has 0 fully saturated rings. The van der Waals surface area contributed by atoms with Gasteiger partial charge in [0.15, 0.2) is 11.5 Å². The van der Waals surface area contributed by atoms with Crippen LogP contribution in [0.4, 0.5) is 0 Å². The van der Waals surface area contributed by atoms with Crippen LogP contribution < -0.4 is 14.8 Å². The van der Waals surface area contributed by atoms with Crippen molar-refractivity contribution in [3.63, 3.8) is 0 Å². The van der Waals surface area contributed by atoms with Gasteiger partial charge >= 0.3 is 0 Å². The van der Waals surface area contributed by atoms with E-state index in [9.17, 15) is 9.59 Å². The Balaban J connectivity index is 1.82. The number of amides is 2. The molecule has 0 saturated heterocycles. The first kappa shape index (κ1) is 20.5. The third-order valence-electron chi connectivity index (χ3n) is 5.50. The molecule has 1 aliphatic heterocycles. The van der Waals surface area contributed by atoms with E-state index in [1.807, 2.05) is 6.07 Å². The summed E-state index contributed by atoms with van der Waals surface area (Å²) in [5.74, 6) is 0.388. The Hall–Kier alpha value is -3.81. The van der Waals surface area contributed by atoms with E-state index >= 15 is 0 Å². The monoisotopic (exact) mass is 421 g/mol. The van der Waals surface area contributed by atoms with E-state index in [-0.39, 0.29) is 18.4 Å². The molecule has 1 aliphatic rings. The summed E-state index contributed by atoms with van der Waals surface area (Å²) in [6.45, 7) is 0.238. The van der Waals surface area contributed by atoms with Gasteiger partial charge in [-0.1, -0.05) is 6.07 Å². The van der Waals surface area contributed by atoms with E-state index in [1.165, 1.54) is 14.2 Å². The lowest BCUT2D eigenvalue weighted by Gasteiger charge is -2.39. The summed E-state index contributed by atoms with van der Waals surface area (Å²) in [5.41, 5.74) is 1.74. The molecule has 1 N–H and O–H groups in total. The van der Waals surface area contributed by atoms with Crippen molar-refractivity contribution in [3.05, 3.63) is 77.5 Å². The van der Waals surface area contributed by atoms with Crippen molar-refractivity contribution in [1.82, 2.24) is 15.2 Å². The summed E-state index contributed by atoms with van der Waals surface area (Å²) in [4.78, 5) is 32.5. The highest BCUT2D eigenvalue weighted by atomic mass is 16.5. The van der Waals surface area contributed by atoms with Gasteiger partial charge in [0, 0.05) is 25.0 Å². The summed E-state index contributed by atoms with van der Waals surface area (Å²) in [5, 5.41) is 2.93. The van der Waals surface area contributed by atoms with Crippen molar-refractivity contribution in [2.45, 2.75) is 18.5 Å². The Morgan fingerprint density at radius 2 is 1.97 bits per heavy atom. The molecule has 2 atom stereocenters. The number of ether oxygens (including phenoxy) is 2. The molecule has 0 bridgehead atoms. The van der Waals surface area contributed by atoms with Gasteiger partial charge in [-0.25, -0.2) is 0 Å². The number of carbonyl (C=O) groups is 2. The lowest BCUT2D eigenvalue weighted by molar-refractivity contribution is -0.124. The Morgan fingerprint density at radius 1 is 1.19 bits per heavy atom. The van der Waals surface area contributed by atoms with Gasteiger partial charge in [-0.15, -0.1) is 0 Å². The van der Waals surface area contributed by atoms with E-state index in [1.54, 1.807) is 60.9 Å². The summed E-state index contributed by atoms with van der Waals surface area (Å²) < 4.78 is 16.1. The smallest absolute Gasteiger partial charge is 0.254 e. The second kappa shape index (κ2) is 8.51. The topological polar surface area (TPSA) is 93.9 Å². The van der Waals surface area contributed by atoms with E-state index in [2.05, 4.69) is 10.3 Å². The fourth-order valence-electron chi connectivity index (χ4n) is 4.00. The molecule has 3 heterocycles. The first-order valence-corrected chi connectivity index (χ1v) is 9.78. The fourth-order valence-corrected chi connectivity index (χ4v) is 4.00. The van der Waals surface area contributed by atoms with Gasteiger partial charge in [0.2, 0.25) is 5.91 Å². The van der Waals surface area contributed by atoms with Crippen LogP contribution in [0.15, 0.2) is 59.5 Å². The third-order valence-corrected chi connectivity index (χ3v) is 5.50. The predicted molar refractivity (Wildman–Crippen MR) is 112 cm³/mol. The highest BCUT2D eigenvalue weighted by Crippen LogP contribution is 2.45. The molecule has 31 heavy (non-hydrogen) atoms. The quantitative estimate of drug-likeness (QED) is 0.658. The van der Waals surface area contributed by atoms with Gasteiger partial charge in [-0.05, 0) is 41.5 Å². The highest BCUT2D eigenvalue weighted by Gasteiger charge is 2.43. The molecule has 4 rings (SSSR count). The second-order valence-electron chi connectivity index (χ2n) is 7.22. The minimum Gasteiger partial charge on any atom is -0.493 e. The van der Waals surface area contributed by atoms with Crippen molar-refractivity contribution < 1.29 is 23.5 Å². The molecule has 160 valence electrons. The van der Waals surface area contributed by atoms with Crippen molar-refractivity contribution in [1.29, 1.82) is 0 Å². The molecule has 0 radical (unpaired) electrons. The van der Waals surface area contributed by atoms with Gasteiger partial charge in [-0.2, -0.15) is 0 Å². The molecule has 2 aromatic heterocycles. The number of nitrogens with one attached hydrogen (secondary N) is 1. The number of benzene rings is 1. The SMILES string of the molecule is COc1cc2c(cc1OC)[C@H](C(=O)NCc1ccco1)[C@@H](c1cccnc1)N(C)C2=O. The number of pyridine rings is 1. The molecular weight excluding hydrogens is 398 g/mol. The van der Waals surface area contributed by atoms with Gasteiger partial charge in [0.1, 0.15) is 5.76 Å². The van der Waals surface area contributed by atoms with Gasteiger partial charge in [-0.3, -0.25) is 14.6 Å². The minimum absolute atomic E-state index is 0.208. The van der Waals surface area contributed by atoms with Crippen LogP contribution in [0.2, 0.25) is 0 Å². The molecule has 0 aliphatic carbocycles. The molecule has 0 unspecified atom stereocenters. The van der Waals surface area contributed by atoms with Gasteiger partial charge in [0.05, 0.1) is 39.0 Å². The Labute approximate surface area is 179 Å². The first-order valence-electron chi connectivity index (χ1n) is 9.78. The molecule has 0 saturated carbocycles. The average Bonchev–Trinajstić information content (AvgIpc) is 3.33. The number of fused-ring (bicyclic) bond motifs is 1. The van der Waals surface area contributed by atoms with Gasteiger partial charge in [0.25, 0.3) is 5.91 Å². The highest BCUT2D eigenvalue weighted by molar-refractivity contribution is 6.02. The van der Waals surface area contributed by atoms with Crippen LogP contribution >= 0.6 is 0 Å². The molecule has 1 aromatic carbocycles. The number of carbonyl (C=O) groups excluding carboxylic acids is 2. The van der Waals surface area contributed by atoms with Crippen LogP contribution in [0, 0.1) is 0 Å². The normalized spacial score (nSPS) is 17.8. The lowest BCUT2D eigenvalue weighted by atomic mass is 9.79. The molecule has 0 spiro atoms. The number of nitrogens with zero attached hydrogens (tertiary/aromatic N) is 2. The summed E-state index contributed by atoms with van der Waals surface area (Å²) in [6, 6.07) is 9.99. The number of methoxy groups -OCH3 is 2. The Kier molecular flexibility index (Phi) is 5.62. The third kappa shape index (κ3) is 3.72.